The van der Waals surface area contributed by atoms with Crippen LogP contribution in [0.15, 0.2) is 121 Å². The zero-order valence-electron chi connectivity index (χ0n) is 15.5. The highest BCUT2D eigenvalue weighted by molar-refractivity contribution is 6.24. The maximum Gasteiger partial charge on any atom is 0.166 e. The van der Waals surface area contributed by atoms with E-state index in [-0.39, 0.29) is 5.78 Å². The average Bonchev–Trinajstić information content (AvgIpc) is 3.37. The lowest BCUT2D eigenvalue weighted by Gasteiger charge is -2.25. The minimum absolute atomic E-state index is 0.231. The van der Waals surface area contributed by atoms with Crippen LogP contribution in [0.1, 0.15) is 22.3 Å². The van der Waals surface area contributed by atoms with Gasteiger partial charge in [0, 0.05) is 0 Å². The van der Waals surface area contributed by atoms with Crippen molar-refractivity contribution < 1.29 is 4.79 Å². The fourth-order valence-corrected chi connectivity index (χ4v) is 4.85. The number of hydrogen-bond acceptors (Lipinski definition) is 1. The van der Waals surface area contributed by atoms with E-state index in [2.05, 4.69) is 48.5 Å². The van der Waals surface area contributed by atoms with Gasteiger partial charge in [0.05, 0.1) is 0 Å². The van der Waals surface area contributed by atoms with Gasteiger partial charge in [-0.05, 0) is 22.3 Å². The summed E-state index contributed by atoms with van der Waals surface area (Å²) in [5, 5.41) is 0. The van der Waals surface area contributed by atoms with Gasteiger partial charge in [-0.3, -0.25) is 4.79 Å². The van der Waals surface area contributed by atoms with Gasteiger partial charge < -0.3 is 0 Å². The first-order valence-electron chi connectivity index (χ1n) is 9.60. The molecule has 0 bridgehead atoms. The van der Waals surface area contributed by atoms with E-state index in [1.54, 1.807) is 0 Å². The van der Waals surface area contributed by atoms with Crippen LogP contribution in [0, 0.1) is 0 Å². The van der Waals surface area contributed by atoms with Crippen LogP contribution in [-0.4, -0.2) is 5.78 Å². The first-order valence-corrected chi connectivity index (χ1v) is 9.60. The first kappa shape index (κ1) is 16.7. The zero-order valence-corrected chi connectivity index (χ0v) is 15.5. The van der Waals surface area contributed by atoms with Crippen LogP contribution >= 0.6 is 0 Å². The molecule has 5 rings (SSSR count). The van der Waals surface area contributed by atoms with Gasteiger partial charge >= 0.3 is 0 Å². The number of carbonyl (C=O) groups is 1. The van der Waals surface area contributed by atoms with E-state index in [0.717, 1.165) is 22.3 Å². The van der Waals surface area contributed by atoms with Crippen LogP contribution in [0.2, 0.25) is 0 Å². The molecule has 0 N–H and O–H groups in total. The SMILES string of the molecule is O=C1C(c2ccccc2)(c2ccccc2)C1(c1ccccc1)c1ccccc1. The Labute approximate surface area is 165 Å². The maximum atomic E-state index is 14.1. The Morgan fingerprint density at radius 2 is 0.571 bits per heavy atom. The van der Waals surface area contributed by atoms with Crippen molar-refractivity contribution in [3.8, 4) is 0 Å². The molecule has 28 heavy (non-hydrogen) atoms. The third kappa shape index (κ3) is 2.05. The highest BCUT2D eigenvalue weighted by atomic mass is 16.1. The summed E-state index contributed by atoms with van der Waals surface area (Å²) in [7, 11) is 0. The van der Waals surface area contributed by atoms with Crippen LogP contribution in [-0.2, 0) is 15.6 Å². The molecular formula is C27H20O. The van der Waals surface area contributed by atoms with Gasteiger partial charge in [0.15, 0.2) is 5.78 Å². The quantitative estimate of drug-likeness (QED) is 0.467. The maximum absolute atomic E-state index is 14.1. The normalized spacial score (nSPS) is 16.5. The van der Waals surface area contributed by atoms with Crippen molar-refractivity contribution in [1.29, 1.82) is 0 Å². The lowest BCUT2D eigenvalue weighted by molar-refractivity contribution is -0.112. The molecule has 1 saturated carbocycles. The Bertz CT molecular complexity index is 930. The molecule has 4 aromatic carbocycles. The molecule has 0 spiro atoms. The minimum Gasteiger partial charge on any atom is -0.297 e. The van der Waals surface area contributed by atoms with Gasteiger partial charge in [0.2, 0.25) is 0 Å². The molecule has 0 aliphatic heterocycles. The van der Waals surface area contributed by atoms with Crippen LogP contribution in [0.4, 0.5) is 0 Å². The van der Waals surface area contributed by atoms with Crippen LogP contribution in [0.3, 0.4) is 0 Å². The van der Waals surface area contributed by atoms with Crippen molar-refractivity contribution in [1.82, 2.24) is 0 Å². The third-order valence-electron chi connectivity index (χ3n) is 6.01. The van der Waals surface area contributed by atoms with Crippen molar-refractivity contribution in [2.45, 2.75) is 10.8 Å². The summed E-state index contributed by atoms with van der Waals surface area (Å²) in [6.07, 6.45) is 0. The van der Waals surface area contributed by atoms with Crippen molar-refractivity contribution >= 4 is 5.78 Å². The van der Waals surface area contributed by atoms with E-state index in [1.165, 1.54) is 0 Å². The van der Waals surface area contributed by atoms with Gasteiger partial charge in [-0.15, -0.1) is 0 Å². The second kappa shape index (κ2) is 6.31. The Hall–Kier alpha value is -3.45. The van der Waals surface area contributed by atoms with E-state index in [0.29, 0.717) is 0 Å². The van der Waals surface area contributed by atoms with Crippen molar-refractivity contribution in [2.75, 3.05) is 0 Å². The third-order valence-corrected chi connectivity index (χ3v) is 6.01. The van der Waals surface area contributed by atoms with E-state index in [9.17, 15) is 4.79 Å². The largest absolute Gasteiger partial charge is 0.297 e. The van der Waals surface area contributed by atoms with E-state index >= 15 is 0 Å². The van der Waals surface area contributed by atoms with E-state index < -0.39 is 10.8 Å². The molecule has 1 aliphatic carbocycles. The van der Waals surface area contributed by atoms with Crippen LogP contribution < -0.4 is 0 Å². The Morgan fingerprint density at radius 3 is 0.786 bits per heavy atom. The fraction of sp³-hybridized carbons (Fsp3) is 0.0741. The highest BCUT2D eigenvalue weighted by Gasteiger charge is 2.79. The number of hydrogen-bond donors (Lipinski definition) is 0. The molecule has 1 nitrogen and oxygen atoms in total. The second-order valence-corrected chi connectivity index (χ2v) is 7.29. The predicted molar refractivity (Wildman–Crippen MR) is 112 cm³/mol. The number of benzene rings is 4. The van der Waals surface area contributed by atoms with Crippen LogP contribution in [0.5, 0.6) is 0 Å². The Balaban J connectivity index is 1.89. The standard InChI is InChI=1S/C27H20O/c28-25-26(21-13-5-1-6-14-21,22-15-7-2-8-16-22)27(25,23-17-9-3-10-18-23)24-19-11-4-12-20-24/h1-20H. The highest BCUT2D eigenvalue weighted by Crippen LogP contribution is 2.68. The topological polar surface area (TPSA) is 17.1 Å². The summed E-state index contributed by atoms with van der Waals surface area (Å²) in [4.78, 5) is 14.1. The molecule has 0 atom stereocenters. The lowest BCUT2D eigenvalue weighted by atomic mass is 9.74. The molecule has 0 unspecified atom stereocenters. The Kier molecular flexibility index (Phi) is 3.77. The second-order valence-electron chi connectivity index (χ2n) is 7.29. The molecule has 1 aliphatic rings. The molecule has 0 amide bonds. The van der Waals surface area contributed by atoms with Crippen molar-refractivity contribution in [3.63, 3.8) is 0 Å². The summed E-state index contributed by atoms with van der Waals surface area (Å²) in [5.41, 5.74) is 2.71. The molecule has 1 heteroatoms. The number of carbonyl (C=O) groups excluding carboxylic acids is 1. The molecule has 0 aromatic heterocycles. The van der Waals surface area contributed by atoms with Gasteiger partial charge in [-0.1, -0.05) is 121 Å². The predicted octanol–water partition coefficient (Wildman–Crippen LogP) is 5.54. The van der Waals surface area contributed by atoms with Crippen molar-refractivity contribution in [2.24, 2.45) is 0 Å². The number of rotatable bonds is 4. The zero-order chi connectivity index (χ0) is 19.0. The fourth-order valence-electron chi connectivity index (χ4n) is 4.85. The monoisotopic (exact) mass is 360 g/mol. The average molecular weight is 360 g/mol. The summed E-state index contributed by atoms with van der Waals surface area (Å²) in [6.45, 7) is 0. The molecule has 4 aromatic rings. The van der Waals surface area contributed by atoms with E-state index in [4.69, 9.17) is 0 Å². The lowest BCUT2D eigenvalue weighted by Crippen LogP contribution is -2.25. The van der Waals surface area contributed by atoms with Crippen LogP contribution in [0.25, 0.3) is 0 Å². The summed E-state index contributed by atoms with van der Waals surface area (Å²) in [5.74, 6) is 0.231. The number of Topliss-reactive ketones (excluding diaryl/α,β-unsaturated/α-hetero) is 1. The molecule has 1 fully saturated rings. The summed E-state index contributed by atoms with van der Waals surface area (Å²) in [6, 6.07) is 40.8. The van der Waals surface area contributed by atoms with E-state index in [1.807, 2.05) is 72.8 Å². The van der Waals surface area contributed by atoms with Gasteiger partial charge in [-0.25, -0.2) is 0 Å². The molecule has 134 valence electrons. The van der Waals surface area contributed by atoms with Gasteiger partial charge in [0.1, 0.15) is 10.8 Å². The molecule has 0 radical (unpaired) electrons. The summed E-state index contributed by atoms with van der Waals surface area (Å²) >= 11 is 0. The Morgan fingerprint density at radius 1 is 0.357 bits per heavy atom. The molecule has 0 saturated heterocycles. The number of ketones is 1. The minimum atomic E-state index is -0.724. The first-order chi connectivity index (χ1) is 13.8. The van der Waals surface area contributed by atoms with Crippen molar-refractivity contribution in [3.05, 3.63) is 144 Å². The van der Waals surface area contributed by atoms with Gasteiger partial charge in [-0.2, -0.15) is 0 Å². The molecular weight excluding hydrogens is 340 g/mol. The van der Waals surface area contributed by atoms with Gasteiger partial charge in [0.25, 0.3) is 0 Å². The molecule has 0 heterocycles. The summed E-state index contributed by atoms with van der Waals surface area (Å²) < 4.78 is 0. The smallest absolute Gasteiger partial charge is 0.166 e.